The first kappa shape index (κ1) is 17.5. The van der Waals surface area contributed by atoms with Crippen molar-refractivity contribution >= 4 is 57.2 Å². The average molecular weight is 371 g/mol. The smallest absolute Gasteiger partial charge is 0.125 e. The third-order valence-corrected chi connectivity index (χ3v) is 5.27. The minimum atomic E-state index is 0.407. The predicted molar refractivity (Wildman–Crippen MR) is 102 cm³/mol. The van der Waals surface area contributed by atoms with Crippen LogP contribution < -0.4 is 0 Å². The Morgan fingerprint density at radius 2 is 1.86 bits per heavy atom. The summed E-state index contributed by atoms with van der Waals surface area (Å²) in [4.78, 5) is 2.41. The highest BCUT2D eigenvalue weighted by Crippen LogP contribution is 2.25. The maximum Gasteiger partial charge on any atom is 0.125 e. The van der Waals surface area contributed by atoms with Crippen molar-refractivity contribution < 1.29 is 0 Å². The van der Waals surface area contributed by atoms with Gasteiger partial charge in [-0.1, -0.05) is 42.3 Å². The third kappa shape index (κ3) is 5.13. The van der Waals surface area contributed by atoms with Gasteiger partial charge in [0.05, 0.1) is 4.88 Å². The molecule has 2 nitrogen and oxygen atoms in total. The molecule has 0 aliphatic carbocycles. The van der Waals surface area contributed by atoms with Crippen molar-refractivity contribution in [1.29, 1.82) is 0 Å². The summed E-state index contributed by atoms with van der Waals surface area (Å²) in [5.41, 5.74) is 1.79. The normalized spacial score (nSPS) is 12.7. The first-order chi connectivity index (χ1) is 10.6. The summed E-state index contributed by atoms with van der Waals surface area (Å²) in [6, 6.07) is 11.8. The molecule has 2 rings (SSSR count). The lowest BCUT2D eigenvalue weighted by molar-refractivity contribution is 1.24. The Kier molecular flexibility index (Phi) is 6.96. The van der Waals surface area contributed by atoms with Crippen molar-refractivity contribution in [2.75, 3.05) is 5.75 Å². The number of hydrogen-bond donors (Lipinski definition) is 0. The van der Waals surface area contributed by atoms with Crippen LogP contribution in [0.25, 0.3) is 0 Å². The molecular formula is C16H16Cl2N2S2. The molecule has 6 heteroatoms. The summed E-state index contributed by atoms with van der Waals surface area (Å²) in [6.07, 6.45) is 0. The van der Waals surface area contributed by atoms with Crippen LogP contribution in [0.1, 0.15) is 29.2 Å². The number of rotatable bonds is 6. The summed E-state index contributed by atoms with van der Waals surface area (Å²) in [6.45, 7) is 3.88. The van der Waals surface area contributed by atoms with Gasteiger partial charge in [0.25, 0.3) is 0 Å². The van der Waals surface area contributed by atoms with Gasteiger partial charge in [-0.3, -0.25) is 0 Å². The van der Waals surface area contributed by atoms with Gasteiger partial charge in [-0.2, -0.15) is 11.8 Å². The molecule has 1 aromatic carbocycles. The predicted octanol–water partition coefficient (Wildman–Crippen LogP) is 6.06. The molecule has 1 aromatic heterocycles. The van der Waals surface area contributed by atoms with Crippen LogP contribution in [-0.4, -0.2) is 16.6 Å². The van der Waals surface area contributed by atoms with Crippen LogP contribution in [0.4, 0.5) is 0 Å². The average Bonchev–Trinajstić information content (AvgIpc) is 2.95. The Balaban J connectivity index is 2.36. The molecule has 0 N–H and O–H groups in total. The fourth-order valence-electron chi connectivity index (χ4n) is 1.76. The molecule has 0 saturated heterocycles. The van der Waals surface area contributed by atoms with Gasteiger partial charge in [-0.25, -0.2) is 0 Å². The van der Waals surface area contributed by atoms with E-state index in [1.807, 2.05) is 36.0 Å². The number of nitrogens with zero attached hydrogens (tertiary/aromatic N) is 2. The maximum absolute atomic E-state index is 5.96. The molecule has 22 heavy (non-hydrogen) atoms. The molecule has 0 radical (unpaired) electrons. The highest BCUT2D eigenvalue weighted by molar-refractivity contribution is 7.98. The van der Waals surface area contributed by atoms with Crippen molar-refractivity contribution in [3.05, 3.63) is 56.7 Å². The van der Waals surface area contributed by atoms with Crippen LogP contribution in [0.15, 0.2) is 46.6 Å². The second kappa shape index (κ2) is 8.73. The van der Waals surface area contributed by atoms with Gasteiger partial charge in [-0.15, -0.1) is 21.5 Å². The Morgan fingerprint density at radius 1 is 1.14 bits per heavy atom. The summed E-state index contributed by atoms with van der Waals surface area (Å²) < 4.78 is 0. The summed E-state index contributed by atoms with van der Waals surface area (Å²) in [5, 5.41) is 9.44. The van der Waals surface area contributed by atoms with Crippen LogP contribution in [0.5, 0.6) is 0 Å². The molecule has 1 heterocycles. The zero-order valence-electron chi connectivity index (χ0n) is 12.3. The van der Waals surface area contributed by atoms with E-state index in [4.69, 9.17) is 23.2 Å². The number of benzene rings is 1. The topological polar surface area (TPSA) is 24.7 Å². The van der Waals surface area contributed by atoms with Crippen LogP contribution in [0.3, 0.4) is 0 Å². The van der Waals surface area contributed by atoms with Gasteiger partial charge in [0.2, 0.25) is 0 Å². The van der Waals surface area contributed by atoms with E-state index in [9.17, 15) is 0 Å². The molecule has 0 spiro atoms. The van der Waals surface area contributed by atoms with E-state index in [0.717, 1.165) is 27.7 Å². The van der Waals surface area contributed by atoms with Crippen LogP contribution in [0, 0.1) is 0 Å². The lowest BCUT2D eigenvalue weighted by Crippen LogP contribution is -2.00. The standard InChI is InChI=1S/C16H16Cl2N2S2/c1-3-21-10-14-8-9-15(22-14)16(20-19-11(2)17)12-4-6-13(18)7-5-12/h4-9H,3,10H2,1-2H3. The number of hydrogen-bond acceptors (Lipinski definition) is 4. The quantitative estimate of drug-likeness (QED) is 0.447. The van der Waals surface area contributed by atoms with Gasteiger partial charge in [0, 0.05) is 21.2 Å². The molecule has 0 aliphatic heterocycles. The molecule has 0 saturated carbocycles. The maximum atomic E-state index is 5.96. The SMILES string of the molecule is CCSCc1ccc(C(=NN=C(C)Cl)c2ccc(Cl)cc2)s1. The molecule has 0 unspecified atom stereocenters. The van der Waals surface area contributed by atoms with E-state index in [1.54, 1.807) is 18.3 Å². The Labute approximate surface area is 149 Å². The fraction of sp³-hybridized carbons (Fsp3) is 0.250. The molecular weight excluding hydrogens is 355 g/mol. The Bertz CT molecular complexity index is 672. The van der Waals surface area contributed by atoms with Crippen molar-refractivity contribution in [3.63, 3.8) is 0 Å². The first-order valence-corrected chi connectivity index (χ1v) is 9.53. The largest absolute Gasteiger partial charge is 0.157 e. The third-order valence-electron chi connectivity index (χ3n) is 2.75. The number of thiophene rings is 1. The van der Waals surface area contributed by atoms with Crippen LogP contribution >= 0.6 is 46.3 Å². The van der Waals surface area contributed by atoms with E-state index < -0.39 is 0 Å². The molecule has 0 bridgehead atoms. The van der Waals surface area contributed by atoms with Crippen molar-refractivity contribution in [1.82, 2.24) is 0 Å². The molecule has 116 valence electrons. The highest BCUT2D eigenvalue weighted by Gasteiger charge is 2.11. The van der Waals surface area contributed by atoms with E-state index in [2.05, 4.69) is 29.3 Å². The Hall–Kier alpha value is -0.810. The molecule has 0 amide bonds. The van der Waals surface area contributed by atoms with Crippen molar-refractivity contribution in [3.8, 4) is 0 Å². The molecule has 0 aliphatic rings. The summed E-state index contributed by atoms with van der Waals surface area (Å²) in [5.74, 6) is 2.13. The lowest BCUT2D eigenvalue weighted by Gasteiger charge is -2.03. The molecule has 2 aromatic rings. The van der Waals surface area contributed by atoms with Gasteiger partial charge in [0.15, 0.2) is 0 Å². The van der Waals surface area contributed by atoms with Gasteiger partial charge >= 0.3 is 0 Å². The fourth-order valence-corrected chi connectivity index (χ4v) is 3.72. The first-order valence-electron chi connectivity index (χ1n) is 6.80. The minimum Gasteiger partial charge on any atom is -0.157 e. The summed E-state index contributed by atoms with van der Waals surface area (Å²) in [7, 11) is 0. The number of thioether (sulfide) groups is 1. The monoisotopic (exact) mass is 370 g/mol. The van der Waals surface area contributed by atoms with Crippen molar-refractivity contribution in [2.45, 2.75) is 19.6 Å². The Morgan fingerprint density at radius 3 is 2.50 bits per heavy atom. The van der Waals surface area contributed by atoms with E-state index in [1.165, 1.54) is 4.88 Å². The minimum absolute atomic E-state index is 0.407. The summed E-state index contributed by atoms with van der Waals surface area (Å²) >= 11 is 15.4. The zero-order chi connectivity index (χ0) is 15.9. The van der Waals surface area contributed by atoms with E-state index in [0.29, 0.717) is 10.2 Å². The van der Waals surface area contributed by atoms with E-state index in [-0.39, 0.29) is 0 Å². The van der Waals surface area contributed by atoms with Gasteiger partial charge < -0.3 is 0 Å². The highest BCUT2D eigenvalue weighted by atomic mass is 35.5. The van der Waals surface area contributed by atoms with E-state index >= 15 is 0 Å². The van der Waals surface area contributed by atoms with Gasteiger partial charge in [0.1, 0.15) is 10.9 Å². The van der Waals surface area contributed by atoms with Crippen molar-refractivity contribution in [2.24, 2.45) is 10.2 Å². The van der Waals surface area contributed by atoms with Gasteiger partial charge in [-0.05, 0) is 36.9 Å². The second-order valence-corrected chi connectivity index (χ2v) is 7.88. The molecule has 0 fully saturated rings. The molecule has 0 atom stereocenters. The number of halogens is 2. The second-order valence-electron chi connectivity index (χ2n) is 4.46. The zero-order valence-corrected chi connectivity index (χ0v) is 15.5. The van der Waals surface area contributed by atoms with Crippen LogP contribution in [-0.2, 0) is 5.75 Å². The van der Waals surface area contributed by atoms with Crippen LogP contribution in [0.2, 0.25) is 5.02 Å². The lowest BCUT2D eigenvalue weighted by atomic mass is 10.1.